The summed E-state index contributed by atoms with van der Waals surface area (Å²) in [5.74, 6) is 0.0798. The number of halogens is 2. The Kier molecular flexibility index (Phi) is 7.85. The second kappa shape index (κ2) is 11.0. The van der Waals surface area contributed by atoms with E-state index >= 15 is 0 Å². The number of benzene rings is 1. The molecule has 12 heteroatoms. The highest BCUT2D eigenvalue weighted by atomic mass is 32.1. The van der Waals surface area contributed by atoms with Crippen LogP contribution in [-0.4, -0.2) is 59.6 Å². The molecule has 4 N–H and O–H groups in total. The van der Waals surface area contributed by atoms with Crippen molar-refractivity contribution in [2.24, 2.45) is 5.73 Å². The molecule has 1 fully saturated rings. The van der Waals surface area contributed by atoms with Gasteiger partial charge in [0.1, 0.15) is 10.8 Å². The van der Waals surface area contributed by atoms with Gasteiger partial charge >= 0.3 is 6.61 Å². The smallest absolute Gasteiger partial charge is 0.387 e. The van der Waals surface area contributed by atoms with Crippen LogP contribution >= 0.6 is 11.3 Å². The van der Waals surface area contributed by atoms with Gasteiger partial charge in [-0.3, -0.25) is 9.69 Å². The number of nitrogens with zero attached hydrogens (tertiary/aromatic N) is 4. The lowest BCUT2D eigenvalue weighted by Crippen LogP contribution is -2.48. The van der Waals surface area contributed by atoms with Gasteiger partial charge in [0.15, 0.2) is 5.75 Å². The highest BCUT2D eigenvalue weighted by molar-refractivity contribution is 7.14. The summed E-state index contributed by atoms with van der Waals surface area (Å²) in [5, 5.41) is 8.38. The Balaban J connectivity index is 1.55. The fourth-order valence-corrected chi connectivity index (χ4v) is 4.75. The maximum Gasteiger partial charge on any atom is 0.387 e. The SMILES string of the molecule is Cc1cnc(Nc2ccc(N3CCN(C(C)C)CC3)cc2OC(F)F)nc1Nc1sccc1C(N)=O. The van der Waals surface area contributed by atoms with Gasteiger partial charge in [0.05, 0.1) is 11.3 Å². The van der Waals surface area contributed by atoms with Crippen LogP contribution in [0.1, 0.15) is 29.8 Å². The molecule has 3 aromatic rings. The third-order valence-corrected chi connectivity index (χ3v) is 6.80. The quantitative estimate of drug-likeness (QED) is 0.379. The highest BCUT2D eigenvalue weighted by Crippen LogP contribution is 2.34. The Morgan fingerprint density at radius 3 is 2.58 bits per heavy atom. The fraction of sp³-hybridized carbons (Fsp3) is 0.375. The number of nitrogens with two attached hydrogens (primary N) is 1. The number of hydrogen-bond acceptors (Lipinski definition) is 9. The molecule has 0 bridgehead atoms. The van der Waals surface area contributed by atoms with Crippen molar-refractivity contribution >= 4 is 45.4 Å². The Labute approximate surface area is 212 Å². The van der Waals surface area contributed by atoms with Crippen LogP contribution < -0.4 is 26.0 Å². The summed E-state index contributed by atoms with van der Waals surface area (Å²) >= 11 is 1.31. The van der Waals surface area contributed by atoms with E-state index in [4.69, 9.17) is 10.5 Å². The normalized spacial score (nSPS) is 14.4. The minimum Gasteiger partial charge on any atom is -0.433 e. The summed E-state index contributed by atoms with van der Waals surface area (Å²) < 4.78 is 31.3. The lowest BCUT2D eigenvalue weighted by Gasteiger charge is -2.38. The van der Waals surface area contributed by atoms with E-state index in [1.165, 1.54) is 11.3 Å². The van der Waals surface area contributed by atoms with E-state index < -0.39 is 12.5 Å². The van der Waals surface area contributed by atoms with Crippen LogP contribution in [0.5, 0.6) is 5.75 Å². The summed E-state index contributed by atoms with van der Waals surface area (Å²) in [4.78, 5) is 24.9. The Morgan fingerprint density at radius 2 is 1.92 bits per heavy atom. The minimum atomic E-state index is -2.99. The number of thiophene rings is 1. The molecule has 1 aliphatic rings. The van der Waals surface area contributed by atoms with Gasteiger partial charge in [0.25, 0.3) is 5.91 Å². The number of anilines is 5. The summed E-state index contributed by atoms with van der Waals surface area (Å²) in [7, 11) is 0. The van der Waals surface area contributed by atoms with Crippen molar-refractivity contribution in [2.75, 3.05) is 41.7 Å². The van der Waals surface area contributed by atoms with Crippen LogP contribution in [0.25, 0.3) is 0 Å². The Bertz CT molecular complexity index is 1210. The van der Waals surface area contributed by atoms with E-state index in [0.717, 1.165) is 37.4 Å². The molecule has 0 aliphatic carbocycles. The molecule has 36 heavy (non-hydrogen) atoms. The number of carbonyl (C=O) groups excluding carboxylic acids is 1. The van der Waals surface area contributed by atoms with E-state index in [-0.39, 0.29) is 11.7 Å². The van der Waals surface area contributed by atoms with Gasteiger partial charge in [-0.2, -0.15) is 13.8 Å². The number of rotatable bonds is 9. The first kappa shape index (κ1) is 25.6. The first-order valence-corrected chi connectivity index (χ1v) is 12.4. The largest absolute Gasteiger partial charge is 0.433 e. The number of aromatic nitrogens is 2. The van der Waals surface area contributed by atoms with Crippen LogP contribution in [0.2, 0.25) is 0 Å². The second-order valence-electron chi connectivity index (χ2n) is 8.68. The molecule has 1 saturated heterocycles. The number of carbonyl (C=O) groups is 1. The first-order chi connectivity index (χ1) is 17.2. The predicted octanol–water partition coefficient (Wildman–Crippen LogP) is 4.56. The molecule has 1 amide bonds. The Hall–Kier alpha value is -3.51. The number of ether oxygens (including phenoxy) is 1. The third kappa shape index (κ3) is 6.00. The summed E-state index contributed by atoms with van der Waals surface area (Å²) in [6.45, 7) is 6.54. The van der Waals surface area contributed by atoms with Gasteiger partial charge in [-0.1, -0.05) is 0 Å². The molecule has 0 unspecified atom stereocenters. The van der Waals surface area contributed by atoms with Crippen molar-refractivity contribution in [3.63, 3.8) is 0 Å². The average molecular weight is 518 g/mol. The molecular weight excluding hydrogens is 488 g/mol. The lowest BCUT2D eigenvalue weighted by atomic mass is 10.2. The molecule has 3 heterocycles. The molecule has 9 nitrogen and oxygen atoms in total. The Morgan fingerprint density at radius 1 is 1.17 bits per heavy atom. The number of alkyl halides is 2. The van der Waals surface area contributed by atoms with Crippen LogP contribution in [0.3, 0.4) is 0 Å². The number of aryl methyl sites for hydroxylation is 1. The molecule has 2 aromatic heterocycles. The fourth-order valence-electron chi connectivity index (χ4n) is 3.96. The number of nitrogens with one attached hydrogen (secondary N) is 2. The summed E-state index contributed by atoms with van der Waals surface area (Å²) in [5.41, 5.74) is 7.62. The topological polar surface area (TPSA) is 109 Å². The zero-order valence-electron chi connectivity index (χ0n) is 20.3. The zero-order valence-corrected chi connectivity index (χ0v) is 21.1. The third-order valence-electron chi connectivity index (χ3n) is 5.97. The van der Waals surface area contributed by atoms with Crippen LogP contribution in [0, 0.1) is 6.92 Å². The standard InChI is InChI=1S/C24H29F2N7O2S/c1-14(2)32-7-9-33(10-8-32)16-4-5-18(19(12-16)35-23(25)26)29-24-28-13-15(3)21(31-24)30-22-17(20(27)34)6-11-36-22/h4-6,11-14,23H,7-10H2,1-3H3,(H2,27,34)(H2,28,29,30,31). The lowest BCUT2D eigenvalue weighted by molar-refractivity contribution is -0.0493. The van der Waals surface area contributed by atoms with Crippen molar-refractivity contribution in [1.29, 1.82) is 0 Å². The molecule has 4 rings (SSSR count). The maximum absolute atomic E-state index is 13.2. The summed E-state index contributed by atoms with van der Waals surface area (Å²) in [6, 6.07) is 7.25. The number of primary amides is 1. The van der Waals surface area contributed by atoms with Crippen LogP contribution in [-0.2, 0) is 0 Å². The molecular formula is C24H29F2N7O2S. The van der Waals surface area contributed by atoms with Crippen molar-refractivity contribution in [3.8, 4) is 5.75 Å². The average Bonchev–Trinajstić information content (AvgIpc) is 3.30. The molecule has 1 aliphatic heterocycles. The monoisotopic (exact) mass is 517 g/mol. The van der Waals surface area contributed by atoms with Gasteiger partial charge in [0.2, 0.25) is 5.95 Å². The van der Waals surface area contributed by atoms with E-state index in [9.17, 15) is 13.6 Å². The predicted molar refractivity (Wildman–Crippen MR) is 138 cm³/mol. The molecule has 192 valence electrons. The van der Waals surface area contributed by atoms with E-state index in [1.54, 1.807) is 29.8 Å². The number of hydrogen-bond donors (Lipinski definition) is 3. The van der Waals surface area contributed by atoms with Gasteiger partial charge in [-0.05, 0) is 44.4 Å². The zero-order chi connectivity index (χ0) is 25.8. The molecule has 0 spiro atoms. The van der Waals surface area contributed by atoms with Crippen molar-refractivity contribution < 1.29 is 18.3 Å². The van der Waals surface area contributed by atoms with Gasteiger partial charge in [0, 0.05) is 55.7 Å². The molecule has 1 aromatic carbocycles. The van der Waals surface area contributed by atoms with E-state index in [1.807, 2.05) is 13.0 Å². The van der Waals surface area contributed by atoms with Crippen LogP contribution in [0.15, 0.2) is 35.8 Å². The molecule has 0 atom stereocenters. The minimum absolute atomic E-state index is 0.00162. The van der Waals surface area contributed by atoms with E-state index in [0.29, 0.717) is 28.1 Å². The second-order valence-corrected chi connectivity index (χ2v) is 9.59. The highest BCUT2D eigenvalue weighted by Gasteiger charge is 2.21. The summed E-state index contributed by atoms with van der Waals surface area (Å²) in [6.07, 6.45) is 1.59. The number of amides is 1. The molecule has 0 saturated carbocycles. The van der Waals surface area contributed by atoms with E-state index in [2.05, 4.69) is 44.2 Å². The maximum atomic E-state index is 13.2. The van der Waals surface area contributed by atoms with Crippen LogP contribution in [0.4, 0.5) is 36.9 Å². The molecule has 0 radical (unpaired) electrons. The first-order valence-electron chi connectivity index (χ1n) is 11.5. The van der Waals surface area contributed by atoms with Crippen molar-refractivity contribution in [2.45, 2.75) is 33.4 Å². The number of piperazine rings is 1. The van der Waals surface area contributed by atoms with Crippen molar-refractivity contribution in [1.82, 2.24) is 14.9 Å². The van der Waals surface area contributed by atoms with Gasteiger partial charge < -0.3 is 26.0 Å². The van der Waals surface area contributed by atoms with Gasteiger partial charge in [-0.15, -0.1) is 11.3 Å². The van der Waals surface area contributed by atoms with Crippen molar-refractivity contribution in [3.05, 3.63) is 47.0 Å². The van der Waals surface area contributed by atoms with Gasteiger partial charge in [-0.25, -0.2) is 4.98 Å².